The van der Waals surface area contributed by atoms with Gasteiger partial charge in [-0.1, -0.05) is 53.3 Å². The first kappa shape index (κ1) is 21.8. The molecule has 1 aliphatic rings. The average molecular weight is 486 g/mol. The Kier molecular flexibility index (Phi) is 6.18. The number of aromatic nitrogens is 1. The number of halogens is 1. The van der Waals surface area contributed by atoms with Crippen LogP contribution in [0.2, 0.25) is 5.02 Å². The van der Waals surface area contributed by atoms with Crippen LogP contribution in [-0.4, -0.2) is 55.2 Å². The molecule has 1 aliphatic heterocycles. The summed E-state index contributed by atoms with van der Waals surface area (Å²) in [7, 11) is 0. The Labute approximate surface area is 200 Å². The number of hydrogen-bond acceptors (Lipinski definition) is 6. The zero-order chi connectivity index (χ0) is 22.2. The maximum atomic E-state index is 13.8. The first-order valence-corrected chi connectivity index (χ1v) is 12.7. The van der Waals surface area contributed by atoms with Gasteiger partial charge in [0.1, 0.15) is 4.88 Å². The lowest BCUT2D eigenvalue weighted by molar-refractivity contribution is 0.0391. The molecule has 0 saturated carbocycles. The molecule has 0 unspecified atom stereocenters. The summed E-state index contributed by atoms with van der Waals surface area (Å²) >= 11 is 9.71. The monoisotopic (exact) mass is 485 g/mol. The molecule has 5 rings (SSSR count). The van der Waals surface area contributed by atoms with Crippen molar-refractivity contribution in [3.05, 3.63) is 57.4 Å². The van der Waals surface area contributed by atoms with E-state index in [4.69, 9.17) is 21.3 Å². The van der Waals surface area contributed by atoms with Gasteiger partial charge in [-0.3, -0.25) is 14.6 Å². The Morgan fingerprint density at radius 2 is 1.88 bits per heavy atom. The highest BCUT2D eigenvalue weighted by Crippen LogP contribution is 2.38. The molecule has 4 aromatic rings. The Morgan fingerprint density at radius 3 is 2.62 bits per heavy atom. The fourth-order valence-electron chi connectivity index (χ4n) is 3.99. The van der Waals surface area contributed by atoms with Gasteiger partial charge in [0.15, 0.2) is 5.13 Å². The smallest absolute Gasteiger partial charge is 0.271 e. The van der Waals surface area contributed by atoms with E-state index in [1.54, 1.807) is 11.3 Å². The minimum absolute atomic E-state index is 0.0844. The van der Waals surface area contributed by atoms with Crippen LogP contribution in [0.25, 0.3) is 20.3 Å². The molecule has 1 amide bonds. The van der Waals surface area contributed by atoms with Crippen molar-refractivity contribution >= 4 is 65.6 Å². The van der Waals surface area contributed by atoms with Crippen molar-refractivity contribution in [2.75, 3.05) is 44.3 Å². The largest absolute Gasteiger partial charge is 0.379 e. The van der Waals surface area contributed by atoms with Crippen molar-refractivity contribution in [1.82, 2.24) is 9.88 Å². The summed E-state index contributed by atoms with van der Waals surface area (Å²) in [6.07, 6.45) is 0. The van der Waals surface area contributed by atoms with Crippen LogP contribution < -0.4 is 4.90 Å². The molecule has 0 bridgehead atoms. The summed E-state index contributed by atoms with van der Waals surface area (Å²) < 4.78 is 7.62. The molecular formula is C24H24ClN3O2S2. The number of benzene rings is 2. The number of thiophene rings is 1. The van der Waals surface area contributed by atoms with Gasteiger partial charge in [0.2, 0.25) is 0 Å². The van der Waals surface area contributed by atoms with E-state index >= 15 is 0 Å². The van der Waals surface area contributed by atoms with Gasteiger partial charge in [-0.15, -0.1) is 11.3 Å². The van der Waals surface area contributed by atoms with Crippen LogP contribution in [-0.2, 0) is 4.74 Å². The molecule has 2 aromatic carbocycles. The minimum Gasteiger partial charge on any atom is -0.379 e. The molecule has 1 fully saturated rings. The number of anilines is 1. The molecule has 0 spiro atoms. The highest BCUT2D eigenvalue weighted by Gasteiger charge is 2.27. The molecule has 2 aromatic heterocycles. The second-order valence-corrected chi connectivity index (χ2v) is 10.4. The van der Waals surface area contributed by atoms with E-state index in [1.165, 1.54) is 16.9 Å². The number of amides is 1. The maximum Gasteiger partial charge on any atom is 0.271 e. The molecule has 3 heterocycles. The predicted octanol–water partition coefficient (Wildman–Crippen LogP) is 5.76. The van der Waals surface area contributed by atoms with Gasteiger partial charge in [0.05, 0.1) is 28.5 Å². The third kappa shape index (κ3) is 4.04. The normalized spacial score (nSPS) is 15.0. The maximum absolute atomic E-state index is 13.8. The number of nitrogens with zero attached hydrogens (tertiary/aromatic N) is 3. The molecule has 0 atom stereocenters. The molecular weight excluding hydrogens is 462 g/mol. The Hall–Kier alpha value is -2.03. The molecule has 32 heavy (non-hydrogen) atoms. The number of ether oxygens (including phenoxy) is 1. The SMILES string of the molecule is Cc1ccc(C)c2sc(N(CCN3CCOCC3)C(=O)c3sc4ccccc4c3Cl)nc12. The van der Waals surface area contributed by atoms with E-state index in [2.05, 4.69) is 30.9 Å². The third-order valence-corrected chi connectivity index (χ3v) is 8.76. The molecule has 0 aliphatic carbocycles. The number of thiazole rings is 1. The number of aryl methyl sites for hydroxylation is 2. The summed E-state index contributed by atoms with van der Waals surface area (Å²) in [6, 6.07) is 12.1. The lowest BCUT2D eigenvalue weighted by Gasteiger charge is -2.29. The van der Waals surface area contributed by atoms with E-state index in [-0.39, 0.29) is 5.91 Å². The second kappa shape index (κ2) is 9.08. The van der Waals surface area contributed by atoms with Gasteiger partial charge in [-0.05, 0) is 31.0 Å². The first-order valence-electron chi connectivity index (χ1n) is 10.7. The topological polar surface area (TPSA) is 45.7 Å². The molecule has 0 radical (unpaired) electrons. The zero-order valence-electron chi connectivity index (χ0n) is 18.1. The molecule has 5 nitrogen and oxygen atoms in total. The fraction of sp³-hybridized carbons (Fsp3) is 0.333. The predicted molar refractivity (Wildman–Crippen MR) is 135 cm³/mol. The molecule has 166 valence electrons. The van der Waals surface area contributed by atoms with E-state index in [9.17, 15) is 4.79 Å². The van der Waals surface area contributed by atoms with Crippen molar-refractivity contribution in [1.29, 1.82) is 0 Å². The first-order chi connectivity index (χ1) is 15.5. The Morgan fingerprint density at radius 1 is 1.12 bits per heavy atom. The summed E-state index contributed by atoms with van der Waals surface area (Å²) in [4.78, 5) is 23.5. The average Bonchev–Trinajstić information content (AvgIpc) is 3.40. The fourth-order valence-corrected chi connectivity index (χ4v) is 6.59. The minimum atomic E-state index is -0.0844. The van der Waals surface area contributed by atoms with Gasteiger partial charge >= 0.3 is 0 Å². The van der Waals surface area contributed by atoms with Gasteiger partial charge < -0.3 is 4.74 Å². The quantitative estimate of drug-likeness (QED) is 0.360. The standard InChI is InChI=1S/C24H24ClN3O2S2/c1-15-7-8-16(2)21-20(15)26-24(32-21)28(10-9-27-11-13-30-14-12-27)23(29)22-19(25)17-5-3-4-6-18(17)31-22/h3-8H,9-14H2,1-2H3. The van der Waals surface area contributed by atoms with Crippen LogP contribution in [0.1, 0.15) is 20.8 Å². The van der Waals surface area contributed by atoms with Crippen molar-refractivity contribution in [2.45, 2.75) is 13.8 Å². The third-order valence-electron chi connectivity index (χ3n) is 5.88. The zero-order valence-corrected chi connectivity index (χ0v) is 20.4. The number of fused-ring (bicyclic) bond motifs is 2. The number of carbonyl (C=O) groups is 1. The lowest BCUT2D eigenvalue weighted by atomic mass is 10.1. The summed E-state index contributed by atoms with van der Waals surface area (Å²) in [5, 5.41) is 2.18. The summed E-state index contributed by atoms with van der Waals surface area (Å²) in [6.45, 7) is 8.70. The van der Waals surface area contributed by atoms with Crippen LogP contribution in [0.5, 0.6) is 0 Å². The van der Waals surface area contributed by atoms with E-state index < -0.39 is 0 Å². The van der Waals surface area contributed by atoms with Crippen molar-refractivity contribution in [3.63, 3.8) is 0 Å². The summed E-state index contributed by atoms with van der Waals surface area (Å²) in [5.41, 5.74) is 3.26. The van der Waals surface area contributed by atoms with Gasteiger partial charge in [-0.25, -0.2) is 4.98 Å². The van der Waals surface area contributed by atoms with E-state index in [0.717, 1.165) is 63.8 Å². The highest BCUT2D eigenvalue weighted by molar-refractivity contribution is 7.23. The van der Waals surface area contributed by atoms with Crippen LogP contribution in [0.15, 0.2) is 36.4 Å². The van der Waals surface area contributed by atoms with Crippen LogP contribution in [0, 0.1) is 13.8 Å². The number of rotatable bonds is 5. The van der Waals surface area contributed by atoms with E-state index in [0.29, 0.717) is 16.4 Å². The number of morpholine rings is 1. The Balaban J connectivity index is 1.54. The van der Waals surface area contributed by atoms with Crippen LogP contribution in [0.4, 0.5) is 5.13 Å². The molecule has 0 N–H and O–H groups in total. The van der Waals surface area contributed by atoms with Crippen molar-refractivity contribution < 1.29 is 9.53 Å². The van der Waals surface area contributed by atoms with Crippen LogP contribution in [0.3, 0.4) is 0 Å². The molecule has 1 saturated heterocycles. The van der Waals surface area contributed by atoms with E-state index in [1.807, 2.05) is 29.2 Å². The number of carbonyl (C=O) groups excluding carboxylic acids is 1. The van der Waals surface area contributed by atoms with Crippen molar-refractivity contribution in [2.24, 2.45) is 0 Å². The lowest BCUT2D eigenvalue weighted by Crippen LogP contribution is -2.43. The second-order valence-electron chi connectivity index (χ2n) is 8.03. The van der Waals surface area contributed by atoms with Gasteiger partial charge in [0.25, 0.3) is 5.91 Å². The number of hydrogen-bond donors (Lipinski definition) is 0. The Bertz CT molecular complexity index is 1250. The van der Waals surface area contributed by atoms with Gasteiger partial charge in [-0.2, -0.15) is 0 Å². The van der Waals surface area contributed by atoms with Crippen LogP contribution >= 0.6 is 34.3 Å². The summed E-state index contributed by atoms with van der Waals surface area (Å²) in [5.74, 6) is -0.0844. The van der Waals surface area contributed by atoms with Crippen molar-refractivity contribution in [3.8, 4) is 0 Å². The highest BCUT2D eigenvalue weighted by atomic mass is 35.5. The van der Waals surface area contributed by atoms with Gasteiger partial charge in [0, 0.05) is 36.3 Å². The molecule has 8 heteroatoms.